The van der Waals surface area contributed by atoms with Crippen molar-refractivity contribution in [3.8, 4) is 0 Å². The Hall–Kier alpha value is -0.720. The summed E-state index contributed by atoms with van der Waals surface area (Å²) in [5.74, 6) is 1.26. The van der Waals surface area contributed by atoms with Crippen LogP contribution in [0.15, 0.2) is 0 Å². The summed E-state index contributed by atoms with van der Waals surface area (Å²) in [4.78, 5) is 0. The van der Waals surface area contributed by atoms with Crippen LogP contribution < -0.4 is 0 Å². The van der Waals surface area contributed by atoms with E-state index >= 15 is 0 Å². The molecule has 0 amide bonds. The second-order valence-corrected chi connectivity index (χ2v) is 5.47. The van der Waals surface area contributed by atoms with Gasteiger partial charge < -0.3 is 4.57 Å². The van der Waals surface area contributed by atoms with Crippen molar-refractivity contribution in [1.82, 2.24) is 4.57 Å². The minimum Gasteiger partial charge on any atom is -0.348 e. The molecule has 0 unspecified atom stereocenters. The van der Waals surface area contributed by atoms with Crippen molar-refractivity contribution in [1.29, 1.82) is 0 Å². The second kappa shape index (κ2) is 5.07. The van der Waals surface area contributed by atoms with Crippen molar-refractivity contribution in [2.75, 3.05) is 0 Å². The summed E-state index contributed by atoms with van der Waals surface area (Å²) in [6.45, 7) is 17.2. The molecule has 0 spiro atoms. The first-order valence-electron chi connectivity index (χ1n) is 6.61. The van der Waals surface area contributed by atoms with Crippen LogP contribution >= 0.6 is 0 Å². The van der Waals surface area contributed by atoms with Gasteiger partial charge in [-0.2, -0.15) is 0 Å². The van der Waals surface area contributed by atoms with Crippen LogP contribution in [0.4, 0.5) is 0 Å². The number of aromatic nitrogens is 1. The third kappa shape index (κ3) is 2.18. The van der Waals surface area contributed by atoms with E-state index in [4.69, 9.17) is 0 Å². The molecule has 0 bridgehead atoms. The summed E-state index contributed by atoms with van der Waals surface area (Å²) in [7, 11) is 0. The number of hydrogen-bond acceptors (Lipinski definition) is 0. The fourth-order valence-electron chi connectivity index (χ4n) is 3.05. The maximum Gasteiger partial charge on any atom is 0.0235 e. The van der Waals surface area contributed by atoms with Gasteiger partial charge in [-0.25, -0.2) is 0 Å². The van der Waals surface area contributed by atoms with E-state index in [2.05, 4.69) is 53.0 Å². The van der Waals surface area contributed by atoms with Gasteiger partial charge in [0.15, 0.2) is 0 Å². The molecule has 0 aliphatic rings. The maximum absolute atomic E-state index is 2.54. The monoisotopic (exact) mass is 221 g/mol. The number of nitrogens with zero attached hydrogens (tertiary/aromatic N) is 1. The molecular formula is C15H27N. The van der Waals surface area contributed by atoms with E-state index in [1.54, 1.807) is 11.3 Å². The first-order valence-corrected chi connectivity index (χ1v) is 6.61. The van der Waals surface area contributed by atoms with Gasteiger partial charge in [0.2, 0.25) is 0 Å². The SMILES string of the molecule is CCCn1c(C)c(C(C)C)c(C)c1C(C)C. The van der Waals surface area contributed by atoms with Crippen LogP contribution in [0, 0.1) is 13.8 Å². The Morgan fingerprint density at radius 1 is 1.00 bits per heavy atom. The third-order valence-electron chi connectivity index (χ3n) is 3.45. The zero-order valence-corrected chi connectivity index (χ0v) is 12.0. The molecule has 0 atom stereocenters. The molecule has 1 heterocycles. The van der Waals surface area contributed by atoms with Gasteiger partial charge >= 0.3 is 0 Å². The smallest absolute Gasteiger partial charge is 0.0235 e. The van der Waals surface area contributed by atoms with Crippen LogP contribution in [0.5, 0.6) is 0 Å². The molecular weight excluding hydrogens is 194 g/mol. The van der Waals surface area contributed by atoms with Gasteiger partial charge in [0, 0.05) is 17.9 Å². The minimum atomic E-state index is 0.623. The highest BCUT2D eigenvalue weighted by atomic mass is 15.0. The molecule has 1 heteroatoms. The first kappa shape index (κ1) is 13.3. The van der Waals surface area contributed by atoms with Crippen LogP contribution in [0.1, 0.15) is 75.4 Å². The molecule has 1 aromatic rings. The Kier molecular flexibility index (Phi) is 4.23. The van der Waals surface area contributed by atoms with Crippen LogP contribution in [0.2, 0.25) is 0 Å². The van der Waals surface area contributed by atoms with Crippen LogP contribution in [0.3, 0.4) is 0 Å². The minimum absolute atomic E-state index is 0.623. The van der Waals surface area contributed by atoms with Crippen molar-refractivity contribution in [3.63, 3.8) is 0 Å². The lowest BCUT2D eigenvalue weighted by Crippen LogP contribution is -2.06. The molecule has 0 fully saturated rings. The molecule has 0 aliphatic heterocycles. The van der Waals surface area contributed by atoms with Crippen molar-refractivity contribution in [3.05, 3.63) is 22.5 Å². The first-order chi connectivity index (χ1) is 7.41. The topological polar surface area (TPSA) is 4.93 Å². The van der Waals surface area contributed by atoms with Crippen molar-refractivity contribution in [2.45, 2.75) is 73.3 Å². The maximum atomic E-state index is 2.54. The normalized spacial score (nSPS) is 11.8. The molecule has 1 nitrogen and oxygen atoms in total. The third-order valence-corrected chi connectivity index (χ3v) is 3.45. The van der Waals surface area contributed by atoms with Gasteiger partial charge in [0.25, 0.3) is 0 Å². The van der Waals surface area contributed by atoms with Gasteiger partial charge in [-0.3, -0.25) is 0 Å². The van der Waals surface area contributed by atoms with Gasteiger partial charge in [0.05, 0.1) is 0 Å². The summed E-state index contributed by atoms with van der Waals surface area (Å²) >= 11 is 0. The standard InChI is InChI=1S/C15H27N/c1-8-9-16-13(7)14(10(2)3)12(6)15(16)11(4)5/h10-11H,8-9H2,1-7H3. The Morgan fingerprint density at radius 3 is 1.94 bits per heavy atom. The van der Waals surface area contributed by atoms with E-state index in [0.717, 1.165) is 6.54 Å². The molecule has 0 saturated carbocycles. The van der Waals surface area contributed by atoms with E-state index < -0.39 is 0 Å². The summed E-state index contributed by atoms with van der Waals surface area (Å²) in [6, 6.07) is 0. The van der Waals surface area contributed by atoms with Crippen LogP contribution in [0.25, 0.3) is 0 Å². The molecule has 0 N–H and O–H groups in total. The largest absolute Gasteiger partial charge is 0.348 e. The van der Waals surface area contributed by atoms with Crippen LogP contribution in [-0.4, -0.2) is 4.57 Å². The van der Waals surface area contributed by atoms with E-state index in [-0.39, 0.29) is 0 Å². The molecule has 0 aliphatic carbocycles. The summed E-state index contributed by atoms with van der Waals surface area (Å²) < 4.78 is 2.54. The highest BCUT2D eigenvalue weighted by Crippen LogP contribution is 2.32. The summed E-state index contributed by atoms with van der Waals surface area (Å²) in [6.07, 6.45) is 1.21. The number of hydrogen-bond donors (Lipinski definition) is 0. The number of rotatable bonds is 4. The molecule has 0 aromatic carbocycles. The zero-order valence-electron chi connectivity index (χ0n) is 12.0. The van der Waals surface area contributed by atoms with Gasteiger partial charge in [-0.1, -0.05) is 34.6 Å². The van der Waals surface area contributed by atoms with Crippen molar-refractivity contribution in [2.24, 2.45) is 0 Å². The van der Waals surface area contributed by atoms with E-state index in [1.165, 1.54) is 17.7 Å². The Labute approximate surface area is 101 Å². The fourth-order valence-corrected chi connectivity index (χ4v) is 3.05. The van der Waals surface area contributed by atoms with E-state index in [0.29, 0.717) is 11.8 Å². The predicted molar refractivity (Wildman–Crippen MR) is 72.4 cm³/mol. The van der Waals surface area contributed by atoms with E-state index in [9.17, 15) is 0 Å². The average molecular weight is 221 g/mol. The lowest BCUT2D eigenvalue weighted by molar-refractivity contribution is 0.606. The molecule has 16 heavy (non-hydrogen) atoms. The van der Waals surface area contributed by atoms with Gasteiger partial charge in [-0.05, 0) is 43.2 Å². The summed E-state index contributed by atoms with van der Waals surface area (Å²) in [5.41, 5.74) is 6.12. The zero-order chi connectivity index (χ0) is 12.5. The van der Waals surface area contributed by atoms with E-state index in [1.807, 2.05) is 0 Å². The van der Waals surface area contributed by atoms with Gasteiger partial charge in [0.1, 0.15) is 0 Å². The molecule has 0 saturated heterocycles. The Morgan fingerprint density at radius 2 is 1.56 bits per heavy atom. The van der Waals surface area contributed by atoms with Gasteiger partial charge in [-0.15, -0.1) is 0 Å². The highest BCUT2D eigenvalue weighted by Gasteiger charge is 2.20. The fraction of sp³-hybridized carbons (Fsp3) is 0.733. The average Bonchev–Trinajstić information content (AvgIpc) is 2.39. The second-order valence-electron chi connectivity index (χ2n) is 5.47. The Bertz CT molecular complexity index is 356. The highest BCUT2D eigenvalue weighted by molar-refractivity contribution is 5.40. The van der Waals surface area contributed by atoms with Crippen molar-refractivity contribution >= 4 is 0 Å². The van der Waals surface area contributed by atoms with Crippen molar-refractivity contribution < 1.29 is 0 Å². The molecule has 0 radical (unpaired) electrons. The molecule has 1 aromatic heterocycles. The quantitative estimate of drug-likeness (QED) is 0.690. The van der Waals surface area contributed by atoms with Crippen LogP contribution in [-0.2, 0) is 6.54 Å². The lowest BCUT2D eigenvalue weighted by atomic mass is 9.96. The molecule has 1 rings (SSSR count). The predicted octanol–water partition coefficient (Wildman–Crippen LogP) is 4.76. The summed E-state index contributed by atoms with van der Waals surface area (Å²) in [5, 5.41) is 0. The lowest BCUT2D eigenvalue weighted by Gasteiger charge is -2.14. The Balaban J connectivity index is 3.40. The molecule has 92 valence electrons.